The van der Waals surface area contributed by atoms with E-state index in [2.05, 4.69) is 47.8 Å². The van der Waals surface area contributed by atoms with Gasteiger partial charge in [0.2, 0.25) is 0 Å². The lowest BCUT2D eigenvalue weighted by Gasteiger charge is -2.29. The van der Waals surface area contributed by atoms with Crippen LogP contribution >= 0.6 is 0 Å². The summed E-state index contributed by atoms with van der Waals surface area (Å²) < 4.78 is 0. The minimum Gasteiger partial charge on any atom is -0.324 e. The maximum Gasteiger partial charge on any atom is 0.0330 e. The SMILES string of the molecule is N[C@@H](c1cccc2ccccc12)C1CCNCC1. The Balaban J connectivity index is 1.97. The highest BCUT2D eigenvalue weighted by molar-refractivity contribution is 5.86. The summed E-state index contributed by atoms with van der Waals surface area (Å²) >= 11 is 0. The van der Waals surface area contributed by atoms with Crippen molar-refractivity contribution in [2.24, 2.45) is 11.7 Å². The monoisotopic (exact) mass is 240 g/mol. The predicted molar refractivity (Wildman–Crippen MR) is 76.5 cm³/mol. The van der Waals surface area contributed by atoms with Crippen molar-refractivity contribution in [3.8, 4) is 0 Å². The summed E-state index contributed by atoms with van der Waals surface area (Å²) in [6.07, 6.45) is 2.37. The molecule has 94 valence electrons. The lowest BCUT2D eigenvalue weighted by atomic mass is 9.85. The van der Waals surface area contributed by atoms with Crippen molar-refractivity contribution < 1.29 is 0 Å². The van der Waals surface area contributed by atoms with Crippen molar-refractivity contribution in [3.05, 3.63) is 48.0 Å². The van der Waals surface area contributed by atoms with Gasteiger partial charge in [0, 0.05) is 6.04 Å². The molecule has 2 aromatic carbocycles. The molecule has 1 saturated heterocycles. The number of nitrogens with one attached hydrogen (secondary N) is 1. The van der Waals surface area contributed by atoms with Crippen LogP contribution in [0.25, 0.3) is 10.8 Å². The Morgan fingerprint density at radius 1 is 1.00 bits per heavy atom. The largest absolute Gasteiger partial charge is 0.324 e. The van der Waals surface area contributed by atoms with E-state index in [4.69, 9.17) is 5.73 Å². The number of nitrogens with two attached hydrogens (primary N) is 1. The minimum atomic E-state index is 0.165. The highest BCUT2D eigenvalue weighted by atomic mass is 14.9. The Hall–Kier alpha value is -1.38. The van der Waals surface area contributed by atoms with Crippen LogP contribution < -0.4 is 11.1 Å². The molecule has 18 heavy (non-hydrogen) atoms. The lowest BCUT2D eigenvalue weighted by Crippen LogP contribution is -2.33. The Morgan fingerprint density at radius 2 is 1.72 bits per heavy atom. The van der Waals surface area contributed by atoms with Crippen LogP contribution in [0.5, 0.6) is 0 Å². The highest BCUT2D eigenvalue weighted by Crippen LogP contribution is 2.31. The zero-order valence-electron chi connectivity index (χ0n) is 10.6. The molecule has 0 unspecified atom stereocenters. The molecule has 0 aromatic heterocycles. The molecule has 1 heterocycles. The maximum atomic E-state index is 6.51. The van der Waals surface area contributed by atoms with Crippen LogP contribution in [0.1, 0.15) is 24.4 Å². The van der Waals surface area contributed by atoms with Gasteiger partial charge in [-0.2, -0.15) is 0 Å². The fraction of sp³-hybridized carbons (Fsp3) is 0.375. The van der Waals surface area contributed by atoms with E-state index in [1.165, 1.54) is 29.2 Å². The van der Waals surface area contributed by atoms with Gasteiger partial charge in [-0.15, -0.1) is 0 Å². The molecule has 3 rings (SSSR count). The molecular formula is C16H20N2. The number of rotatable bonds is 2. The van der Waals surface area contributed by atoms with Gasteiger partial charge in [-0.3, -0.25) is 0 Å². The Labute approximate surface area is 108 Å². The van der Waals surface area contributed by atoms with E-state index in [9.17, 15) is 0 Å². The van der Waals surface area contributed by atoms with Gasteiger partial charge in [-0.25, -0.2) is 0 Å². The zero-order valence-corrected chi connectivity index (χ0v) is 10.6. The predicted octanol–water partition coefficient (Wildman–Crippen LogP) is 2.84. The Morgan fingerprint density at radius 3 is 2.56 bits per heavy atom. The molecule has 2 heteroatoms. The fourth-order valence-electron chi connectivity index (χ4n) is 3.00. The molecule has 2 aromatic rings. The van der Waals surface area contributed by atoms with Crippen molar-refractivity contribution in [1.29, 1.82) is 0 Å². The third-order valence-corrected chi connectivity index (χ3v) is 4.07. The van der Waals surface area contributed by atoms with Crippen LogP contribution in [0, 0.1) is 5.92 Å². The van der Waals surface area contributed by atoms with E-state index in [0.717, 1.165) is 13.1 Å². The summed E-state index contributed by atoms with van der Waals surface area (Å²) in [7, 11) is 0. The van der Waals surface area contributed by atoms with Gasteiger partial charge >= 0.3 is 0 Å². The van der Waals surface area contributed by atoms with E-state index in [0.29, 0.717) is 5.92 Å². The number of hydrogen-bond acceptors (Lipinski definition) is 2. The Bertz CT molecular complexity index is 524. The first-order valence-electron chi connectivity index (χ1n) is 6.80. The first kappa shape index (κ1) is 11.7. The number of fused-ring (bicyclic) bond motifs is 1. The summed E-state index contributed by atoms with van der Waals surface area (Å²) in [6.45, 7) is 2.20. The molecule has 1 aliphatic rings. The molecule has 2 nitrogen and oxygen atoms in total. The van der Waals surface area contributed by atoms with Gasteiger partial charge in [0.1, 0.15) is 0 Å². The van der Waals surface area contributed by atoms with Crippen molar-refractivity contribution in [1.82, 2.24) is 5.32 Å². The van der Waals surface area contributed by atoms with Crippen LogP contribution in [0.3, 0.4) is 0 Å². The average molecular weight is 240 g/mol. The van der Waals surface area contributed by atoms with E-state index in [1.54, 1.807) is 0 Å². The Kier molecular flexibility index (Phi) is 3.31. The zero-order chi connectivity index (χ0) is 12.4. The second kappa shape index (κ2) is 5.09. The molecule has 0 spiro atoms. The van der Waals surface area contributed by atoms with Gasteiger partial charge in [0.25, 0.3) is 0 Å². The summed E-state index contributed by atoms with van der Waals surface area (Å²) in [5.74, 6) is 0.608. The first-order chi connectivity index (χ1) is 8.86. The molecule has 0 bridgehead atoms. The normalized spacial score (nSPS) is 18.9. The molecule has 0 aliphatic carbocycles. The van der Waals surface area contributed by atoms with E-state index in [-0.39, 0.29) is 6.04 Å². The highest BCUT2D eigenvalue weighted by Gasteiger charge is 2.22. The molecule has 1 atom stereocenters. The van der Waals surface area contributed by atoms with Gasteiger partial charge in [0.15, 0.2) is 0 Å². The van der Waals surface area contributed by atoms with Crippen molar-refractivity contribution in [2.75, 3.05) is 13.1 Å². The smallest absolute Gasteiger partial charge is 0.0330 e. The summed E-state index contributed by atoms with van der Waals surface area (Å²) in [4.78, 5) is 0. The van der Waals surface area contributed by atoms with Gasteiger partial charge < -0.3 is 11.1 Å². The molecule has 1 fully saturated rings. The van der Waals surface area contributed by atoms with Gasteiger partial charge in [-0.1, -0.05) is 42.5 Å². The van der Waals surface area contributed by atoms with E-state index in [1.807, 2.05) is 0 Å². The van der Waals surface area contributed by atoms with Crippen molar-refractivity contribution in [2.45, 2.75) is 18.9 Å². The molecule has 3 N–H and O–H groups in total. The second-order valence-electron chi connectivity index (χ2n) is 5.18. The molecule has 0 saturated carbocycles. The van der Waals surface area contributed by atoms with Crippen LogP contribution in [-0.2, 0) is 0 Å². The van der Waals surface area contributed by atoms with Crippen LogP contribution in [0.4, 0.5) is 0 Å². The standard InChI is InChI=1S/C16H20N2/c17-16(13-8-10-18-11-9-13)15-7-3-5-12-4-1-2-6-14(12)15/h1-7,13,16,18H,8-11,17H2/t16-/m1/s1. The van der Waals surface area contributed by atoms with E-state index < -0.39 is 0 Å². The topological polar surface area (TPSA) is 38.0 Å². The number of piperidine rings is 1. The molecule has 1 aliphatic heterocycles. The minimum absolute atomic E-state index is 0.165. The molecule has 0 amide bonds. The summed E-state index contributed by atoms with van der Waals surface area (Å²) in [5.41, 5.74) is 7.81. The van der Waals surface area contributed by atoms with Gasteiger partial charge in [0.05, 0.1) is 0 Å². The summed E-state index contributed by atoms with van der Waals surface area (Å²) in [6, 6.07) is 15.2. The fourth-order valence-corrected chi connectivity index (χ4v) is 3.00. The summed E-state index contributed by atoms with van der Waals surface area (Å²) in [5, 5.41) is 6.00. The average Bonchev–Trinajstić information content (AvgIpc) is 2.47. The third-order valence-electron chi connectivity index (χ3n) is 4.07. The first-order valence-corrected chi connectivity index (χ1v) is 6.80. The number of hydrogen-bond donors (Lipinski definition) is 2. The number of benzene rings is 2. The maximum absolute atomic E-state index is 6.51. The van der Waals surface area contributed by atoms with Crippen molar-refractivity contribution in [3.63, 3.8) is 0 Å². The lowest BCUT2D eigenvalue weighted by molar-refractivity contribution is 0.323. The molecule has 0 radical (unpaired) electrons. The van der Waals surface area contributed by atoms with Crippen molar-refractivity contribution >= 4 is 10.8 Å². The van der Waals surface area contributed by atoms with Crippen LogP contribution in [-0.4, -0.2) is 13.1 Å². The van der Waals surface area contributed by atoms with Crippen LogP contribution in [0.2, 0.25) is 0 Å². The quantitative estimate of drug-likeness (QED) is 0.847. The van der Waals surface area contributed by atoms with Gasteiger partial charge in [-0.05, 0) is 48.2 Å². The third kappa shape index (κ3) is 2.14. The molecular weight excluding hydrogens is 220 g/mol. The van der Waals surface area contributed by atoms with E-state index >= 15 is 0 Å². The van der Waals surface area contributed by atoms with Crippen LogP contribution in [0.15, 0.2) is 42.5 Å². The second-order valence-corrected chi connectivity index (χ2v) is 5.18.